The standard InChI is InChI=1S/C28H30N4O6S/c1-35-20-13-19(14-21(15-20)36-2)7-10-27-31-24-17-26(38-4)25(37-3)16-23(24)28(32-27)30-12-11-18-5-8-22(9-6-18)39(29,33)34/h5-10,13-17H,11-12H2,1-4H3,(H2,29,33,34)(H,30,31,32)/b10-7+. The van der Waals surface area contributed by atoms with E-state index in [9.17, 15) is 8.42 Å². The van der Waals surface area contributed by atoms with Crippen molar-refractivity contribution in [3.05, 3.63) is 71.5 Å². The normalized spacial score (nSPS) is 11.5. The van der Waals surface area contributed by atoms with Crippen LogP contribution in [0.1, 0.15) is 17.0 Å². The van der Waals surface area contributed by atoms with E-state index in [1.54, 1.807) is 52.7 Å². The molecule has 0 fully saturated rings. The topological polar surface area (TPSA) is 135 Å². The number of ether oxygens (including phenoxy) is 4. The molecule has 3 aromatic carbocycles. The summed E-state index contributed by atoms with van der Waals surface area (Å²) in [6, 6.07) is 15.7. The van der Waals surface area contributed by atoms with Crippen LogP contribution in [0.4, 0.5) is 5.82 Å². The number of nitrogens with zero attached hydrogens (tertiary/aromatic N) is 2. The van der Waals surface area contributed by atoms with Gasteiger partial charge in [-0.05, 0) is 54.0 Å². The first-order valence-corrected chi connectivity index (χ1v) is 13.5. The smallest absolute Gasteiger partial charge is 0.238 e. The minimum absolute atomic E-state index is 0.0760. The average Bonchev–Trinajstić information content (AvgIpc) is 2.94. The number of anilines is 1. The number of fused-ring (bicyclic) bond motifs is 1. The number of nitrogens with one attached hydrogen (secondary N) is 1. The summed E-state index contributed by atoms with van der Waals surface area (Å²) in [5.41, 5.74) is 2.48. The van der Waals surface area contributed by atoms with Gasteiger partial charge in [0.15, 0.2) is 17.3 Å². The van der Waals surface area contributed by atoms with Crippen molar-refractivity contribution in [2.45, 2.75) is 11.3 Å². The van der Waals surface area contributed by atoms with Crippen LogP contribution in [0.2, 0.25) is 0 Å². The molecule has 3 N–H and O–H groups in total. The van der Waals surface area contributed by atoms with Crippen LogP contribution in [0.15, 0.2) is 59.5 Å². The number of methoxy groups -OCH3 is 4. The summed E-state index contributed by atoms with van der Waals surface area (Å²) in [5, 5.41) is 9.34. The highest BCUT2D eigenvalue weighted by Gasteiger charge is 2.13. The van der Waals surface area contributed by atoms with E-state index in [2.05, 4.69) is 5.32 Å². The molecule has 0 amide bonds. The highest BCUT2D eigenvalue weighted by atomic mass is 32.2. The molecule has 39 heavy (non-hydrogen) atoms. The lowest BCUT2D eigenvalue weighted by Gasteiger charge is -2.13. The summed E-state index contributed by atoms with van der Waals surface area (Å²) in [7, 11) is 2.61. The fraction of sp³-hybridized carbons (Fsp3) is 0.214. The number of aromatic nitrogens is 2. The van der Waals surface area contributed by atoms with Crippen LogP contribution >= 0.6 is 0 Å². The number of hydrogen-bond acceptors (Lipinski definition) is 9. The minimum atomic E-state index is -3.73. The van der Waals surface area contributed by atoms with Crippen molar-refractivity contribution in [1.29, 1.82) is 0 Å². The maximum atomic E-state index is 11.5. The Balaban J connectivity index is 1.65. The van der Waals surface area contributed by atoms with Crippen LogP contribution in [-0.2, 0) is 16.4 Å². The third kappa shape index (κ3) is 6.75. The Labute approximate surface area is 227 Å². The summed E-state index contributed by atoms with van der Waals surface area (Å²) in [5.74, 6) is 3.55. The van der Waals surface area contributed by atoms with Crippen LogP contribution in [0.3, 0.4) is 0 Å². The SMILES string of the molecule is COc1cc(/C=C/c2nc(NCCc3ccc(S(N)(=O)=O)cc3)c3cc(OC)c(OC)cc3n2)cc(OC)c1. The molecule has 204 valence electrons. The largest absolute Gasteiger partial charge is 0.497 e. The Bertz CT molecular complexity index is 1580. The molecule has 11 heteroatoms. The van der Waals surface area contributed by atoms with Gasteiger partial charge in [-0.3, -0.25) is 0 Å². The Morgan fingerprint density at radius 2 is 1.46 bits per heavy atom. The van der Waals surface area contributed by atoms with Gasteiger partial charge in [-0.2, -0.15) is 0 Å². The molecule has 0 saturated carbocycles. The first-order chi connectivity index (χ1) is 18.7. The Kier molecular flexibility index (Phi) is 8.52. The van der Waals surface area contributed by atoms with Gasteiger partial charge in [0.25, 0.3) is 0 Å². The molecule has 0 unspecified atom stereocenters. The summed E-state index contributed by atoms with van der Waals surface area (Å²) in [6.07, 6.45) is 4.31. The quantitative estimate of drug-likeness (QED) is 0.282. The second kappa shape index (κ2) is 12.0. The number of benzene rings is 3. The molecule has 0 radical (unpaired) electrons. The zero-order valence-electron chi connectivity index (χ0n) is 22.1. The fourth-order valence-electron chi connectivity index (χ4n) is 3.95. The van der Waals surface area contributed by atoms with Gasteiger partial charge < -0.3 is 24.3 Å². The summed E-state index contributed by atoms with van der Waals surface area (Å²) >= 11 is 0. The number of primary sulfonamides is 1. The van der Waals surface area contributed by atoms with Crippen LogP contribution < -0.4 is 29.4 Å². The van der Waals surface area contributed by atoms with E-state index in [0.717, 1.165) is 16.5 Å². The summed E-state index contributed by atoms with van der Waals surface area (Å²) in [6.45, 7) is 0.533. The van der Waals surface area contributed by atoms with E-state index >= 15 is 0 Å². The highest BCUT2D eigenvalue weighted by molar-refractivity contribution is 7.89. The zero-order valence-corrected chi connectivity index (χ0v) is 22.9. The van der Waals surface area contributed by atoms with Crippen LogP contribution in [0, 0.1) is 0 Å². The number of sulfonamides is 1. The molecule has 1 aromatic heterocycles. The van der Waals surface area contributed by atoms with E-state index in [1.807, 2.05) is 30.4 Å². The first kappa shape index (κ1) is 27.7. The third-order valence-electron chi connectivity index (χ3n) is 5.97. The molecule has 0 atom stereocenters. The van der Waals surface area contributed by atoms with Crippen molar-refractivity contribution in [3.63, 3.8) is 0 Å². The van der Waals surface area contributed by atoms with Crippen LogP contribution in [0.25, 0.3) is 23.1 Å². The van der Waals surface area contributed by atoms with Gasteiger partial charge in [-0.1, -0.05) is 18.2 Å². The van der Waals surface area contributed by atoms with Gasteiger partial charge in [0.2, 0.25) is 10.0 Å². The number of hydrogen-bond donors (Lipinski definition) is 2. The molecule has 0 aliphatic carbocycles. The molecule has 0 aliphatic heterocycles. The second-order valence-corrected chi connectivity index (χ2v) is 10.1. The summed E-state index contributed by atoms with van der Waals surface area (Å²) in [4.78, 5) is 9.54. The van der Waals surface area contributed by atoms with Gasteiger partial charge >= 0.3 is 0 Å². The molecule has 0 spiro atoms. The lowest BCUT2D eigenvalue weighted by Crippen LogP contribution is -2.12. The van der Waals surface area contributed by atoms with Gasteiger partial charge in [0, 0.05) is 24.1 Å². The van der Waals surface area contributed by atoms with Crippen molar-refractivity contribution < 1.29 is 27.4 Å². The van der Waals surface area contributed by atoms with E-state index in [4.69, 9.17) is 34.1 Å². The van der Waals surface area contributed by atoms with Crippen molar-refractivity contribution in [1.82, 2.24) is 9.97 Å². The lowest BCUT2D eigenvalue weighted by atomic mass is 10.1. The van der Waals surface area contributed by atoms with Gasteiger partial charge in [-0.15, -0.1) is 0 Å². The highest BCUT2D eigenvalue weighted by Crippen LogP contribution is 2.34. The third-order valence-corrected chi connectivity index (χ3v) is 6.90. The van der Waals surface area contributed by atoms with Crippen LogP contribution in [0.5, 0.6) is 23.0 Å². The van der Waals surface area contributed by atoms with Crippen molar-refractivity contribution >= 4 is 38.9 Å². The fourth-order valence-corrected chi connectivity index (χ4v) is 4.47. The zero-order chi connectivity index (χ0) is 28.0. The van der Waals surface area contributed by atoms with Crippen molar-refractivity contribution in [3.8, 4) is 23.0 Å². The molecular weight excluding hydrogens is 520 g/mol. The van der Waals surface area contributed by atoms with E-state index < -0.39 is 10.0 Å². The molecule has 10 nitrogen and oxygen atoms in total. The Morgan fingerprint density at radius 3 is 2.05 bits per heavy atom. The molecule has 4 rings (SSSR count). The van der Waals surface area contributed by atoms with Gasteiger partial charge in [-0.25, -0.2) is 23.5 Å². The van der Waals surface area contributed by atoms with E-state index in [1.165, 1.54) is 12.1 Å². The minimum Gasteiger partial charge on any atom is -0.497 e. The maximum absolute atomic E-state index is 11.5. The predicted molar refractivity (Wildman–Crippen MR) is 151 cm³/mol. The molecule has 4 aromatic rings. The molecule has 0 bridgehead atoms. The average molecular weight is 551 g/mol. The van der Waals surface area contributed by atoms with Crippen molar-refractivity contribution in [2.75, 3.05) is 40.3 Å². The second-order valence-electron chi connectivity index (χ2n) is 8.50. The van der Waals surface area contributed by atoms with Gasteiger partial charge in [0.1, 0.15) is 17.3 Å². The predicted octanol–water partition coefficient (Wildman–Crippen LogP) is 4.14. The Hall–Kier alpha value is -4.35. The molecular formula is C28H30N4O6S. The number of nitrogens with two attached hydrogens (primary N) is 1. The number of rotatable bonds is 11. The monoisotopic (exact) mass is 550 g/mol. The maximum Gasteiger partial charge on any atom is 0.238 e. The van der Waals surface area contributed by atoms with Gasteiger partial charge in [0.05, 0.1) is 38.9 Å². The lowest BCUT2D eigenvalue weighted by molar-refractivity contribution is 0.356. The van der Waals surface area contributed by atoms with E-state index in [-0.39, 0.29) is 4.90 Å². The molecule has 0 aliphatic rings. The molecule has 1 heterocycles. The van der Waals surface area contributed by atoms with Crippen molar-refractivity contribution in [2.24, 2.45) is 5.14 Å². The first-order valence-electron chi connectivity index (χ1n) is 11.9. The van der Waals surface area contributed by atoms with E-state index in [0.29, 0.717) is 53.1 Å². The Morgan fingerprint density at radius 1 is 0.821 bits per heavy atom. The van der Waals surface area contributed by atoms with Crippen LogP contribution in [-0.4, -0.2) is 53.4 Å². The molecule has 0 saturated heterocycles. The summed E-state index contributed by atoms with van der Waals surface area (Å²) < 4.78 is 44.7.